The van der Waals surface area contributed by atoms with Crippen molar-refractivity contribution in [2.45, 2.75) is 31.2 Å². The molecule has 3 rings (SSSR count). The monoisotopic (exact) mass is 402 g/mol. The van der Waals surface area contributed by atoms with Crippen LogP contribution in [-0.2, 0) is 19.5 Å². The molecule has 2 saturated heterocycles. The largest absolute Gasteiger partial charge is 0.379 e. The molecule has 0 aliphatic carbocycles. The average molecular weight is 403 g/mol. The van der Waals surface area contributed by atoms with E-state index in [1.807, 2.05) is 0 Å². The molecule has 2 fully saturated rings. The molecule has 0 amide bonds. The first-order valence-electron chi connectivity index (χ1n) is 9.52. The van der Waals surface area contributed by atoms with E-state index < -0.39 is 10.0 Å². The minimum absolute atomic E-state index is 0.145. The van der Waals surface area contributed by atoms with Gasteiger partial charge in [0.2, 0.25) is 10.0 Å². The Kier molecular flexibility index (Phi) is 7.23. The van der Waals surface area contributed by atoms with Crippen molar-refractivity contribution in [3.05, 3.63) is 11.5 Å². The molecule has 9 nitrogen and oxygen atoms in total. The molecule has 1 aromatic heterocycles. The second-order valence-corrected chi connectivity index (χ2v) is 8.76. The third-order valence-corrected chi connectivity index (χ3v) is 6.87. The number of sulfonamides is 1. The highest BCUT2D eigenvalue weighted by molar-refractivity contribution is 7.89. The van der Waals surface area contributed by atoms with Gasteiger partial charge in [-0.1, -0.05) is 5.16 Å². The molecule has 1 aromatic rings. The van der Waals surface area contributed by atoms with E-state index in [0.29, 0.717) is 31.0 Å². The Morgan fingerprint density at radius 2 is 1.85 bits per heavy atom. The molecule has 0 aromatic carbocycles. The summed E-state index contributed by atoms with van der Waals surface area (Å²) in [6.45, 7) is 11.4. The Hall–Kier alpha value is -1.04. The van der Waals surface area contributed by atoms with Crippen LogP contribution in [0, 0.1) is 13.8 Å². The third kappa shape index (κ3) is 5.49. The molecule has 0 saturated carbocycles. The zero-order valence-corrected chi connectivity index (χ0v) is 17.0. The van der Waals surface area contributed by atoms with Gasteiger partial charge in [-0.05, 0) is 20.3 Å². The summed E-state index contributed by atoms with van der Waals surface area (Å²) in [7, 11) is -3.61. The second-order valence-electron chi connectivity index (χ2n) is 7.06. The van der Waals surface area contributed by atoms with Crippen LogP contribution >= 0.6 is 0 Å². The highest BCUT2D eigenvalue weighted by Gasteiger charge is 2.26. The van der Waals surface area contributed by atoms with Crippen LogP contribution < -0.4 is 4.72 Å². The predicted octanol–water partition coefficient (Wildman–Crippen LogP) is -0.00716. The first kappa shape index (κ1) is 20.7. The highest BCUT2D eigenvalue weighted by atomic mass is 32.2. The summed E-state index contributed by atoms with van der Waals surface area (Å²) in [4.78, 5) is 4.96. The summed E-state index contributed by atoms with van der Waals surface area (Å²) in [5.74, 6) is 0.313. The number of nitrogens with one attached hydrogen (secondary N) is 1. The van der Waals surface area contributed by atoms with Gasteiger partial charge in [0.1, 0.15) is 10.6 Å². The van der Waals surface area contributed by atoms with Crippen LogP contribution in [-0.4, -0.2) is 95.1 Å². The maximum Gasteiger partial charge on any atom is 0.245 e. The second kappa shape index (κ2) is 9.44. The van der Waals surface area contributed by atoms with E-state index in [2.05, 4.69) is 19.7 Å². The van der Waals surface area contributed by atoms with E-state index in [1.165, 1.54) is 0 Å². The molecule has 0 radical (unpaired) electrons. The average Bonchev–Trinajstić information content (AvgIpc) is 3.01. The Labute approximate surface area is 161 Å². The van der Waals surface area contributed by atoms with Crippen LogP contribution in [0.5, 0.6) is 0 Å². The van der Waals surface area contributed by atoms with E-state index in [1.54, 1.807) is 13.8 Å². The molecule has 154 valence electrons. The van der Waals surface area contributed by atoms with Crippen LogP contribution in [0.15, 0.2) is 9.42 Å². The first-order valence-corrected chi connectivity index (χ1v) is 11.0. The fourth-order valence-corrected chi connectivity index (χ4v) is 5.01. The lowest BCUT2D eigenvalue weighted by atomic mass is 10.1. The van der Waals surface area contributed by atoms with Crippen molar-refractivity contribution >= 4 is 10.0 Å². The van der Waals surface area contributed by atoms with Crippen molar-refractivity contribution < 1.29 is 22.4 Å². The van der Waals surface area contributed by atoms with Crippen molar-refractivity contribution in [1.82, 2.24) is 19.7 Å². The SMILES string of the molecule is Cc1noc(C)c1S(=O)(=O)NCCC1COCCN1CCN1CCOCC1. The van der Waals surface area contributed by atoms with Crippen LogP contribution in [0.25, 0.3) is 0 Å². The topological polar surface area (TPSA) is 97.1 Å². The molecule has 10 heteroatoms. The van der Waals surface area contributed by atoms with E-state index in [4.69, 9.17) is 14.0 Å². The lowest BCUT2D eigenvalue weighted by Crippen LogP contribution is -2.50. The highest BCUT2D eigenvalue weighted by Crippen LogP contribution is 2.19. The summed E-state index contributed by atoms with van der Waals surface area (Å²) in [6, 6.07) is 0.215. The molecule has 0 bridgehead atoms. The van der Waals surface area contributed by atoms with Gasteiger partial charge >= 0.3 is 0 Å². The maximum absolute atomic E-state index is 12.5. The van der Waals surface area contributed by atoms with Gasteiger partial charge in [0.25, 0.3) is 0 Å². The number of aryl methyl sites for hydroxylation is 2. The summed E-state index contributed by atoms with van der Waals surface area (Å²) in [5, 5.41) is 3.73. The number of nitrogens with zero attached hydrogens (tertiary/aromatic N) is 3. The van der Waals surface area contributed by atoms with E-state index >= 15 is 0 Å². The van der Waals surface area contributed by atoms with Crippen LogP contribution in [0.4, 0.5) is 0 Å². The molecule has 3 heterocycles. The zero-order chi connectivity index (χ0) is 19.3. The van der Waals surface area contributed by atoms with Crippen LogP contribution in [0.2, 0.25) is 0 Å². The minimum Gasteiger partial charge on any atom is -0.379 e. The summed E-state index contributed by atoms with van der Waals surface area (Å²) < 4.78 is 43.7. The summed E-state index contributed by atoms with van der Waals surface area (Å²) in [5.41, 5.74) is 0.383. The first-order chi connectivity index (χ1) is 13.0. The van der Waals surface area contributed by atoms with Gasteiger partial charge in [0.05, 0.1) is 26.4 Å². The molecule has 2 aliphatic rings. The molecule has 2 aliphatic heterocycles. The Morgan fingerprint density at radius 3 is 2.56 bits per heavy atom. The Balaban J connectivity index is 1.49. The fraction of sp³-hybridized carbons (Fsp3) is 0.824. The van der Waals surface area contributed by atoms with Gasteiger partial charge in [-0.25, -0.2) is 13.1 Å². The quantitative estimate of drug-likeness (QED) is 0.649. The number of hydrogen-bond acceptors (Lipinski definition) is 8. The normalized spacial score (nSPS) is 23.0. The van der Waals surface area contributed by atoms with E-state index in [9.17, 15) is 8.42 Å². The summed E-state index contributed by atoms with van der Waals surface area (Å²) in [6.07, 6.45) is 0.700. The van der Waals surface area contributed by atoms with Crippen molar-refractivity contribution in [2.24, 2.45) is 0 Å². The number of hydrogen-bond donors (Lipinski definition) is 1. The number of aromatic nitrogens is 1. The van der Waals surface area contributed by atoms with E-state index in [0.717, 1.165) is 52.5 Å². The Morgan fingerprint density at radius 1 is 1.11 bits per heavy atom. The zero-order valence-electron chi connectivity index (χ0n) is 16.1. The van der Waals surface area contributed by atoms with Gasteiger partial charge in [0.15, 0.2) is 5.76 Å². The molecule has 1 atom stereocenters. The molecule has 0 spiro atoms. The van der Waals surface area contributed by atoms with Crippen molar-refractivity contribution in [2.75, 3.05) is 65.7 Å². The number of ether oxygens (including phenoxy) is 2. The van der Waals surface area contributed by atoms with Gasteiger partial charge in [0, 0.05) is 45.3 Å². The molecule has 1 N–H and O–H groups in total. The molecule has 27 heavy (non-hydrogen) atoms. The lowest BCUT2D eigenvalue weighted by Gasteiger charge is -2.37. The number of morpholine rings is 2. The number of rotatable bonds is 8. The standard InChI is InChI=1S/C17H30N4O5S/c1-14-17(15(2)26-19-14)27(22,23)18-4-3-16-13-25-12-9-21(16)6-5-20-7-10-24-11-8-20/h16,18H,3-13H2,1-2H3. The van der Waals surface area contributed by atoms with Gasteiger partial charge < -0.3 is 14.0 Å². The molecular weight excluding hydrogens is 372 g/mol. The van der Waals surface area contributed by atoms with Crippen LogP contribution in [0.1, 0.15) is 17.9 Å². The van der Waals surface area contributed by atoms with Gasteiger partial charge in [-0.2, -0.15) is 0 Å². The minimum atomic E-state index is -3.61. The Bertz CT molecular complexity index is 683. The fourth-order valence-electron chi connectivity index (χ4n) is 3.63. The van der Waals surface area contributed by atoms with Crippen molar-refractivity contribution in [3.63, 3.8) is 0 Å². The molecule has 1 unspecified atom stereocenters. The third-order valence-electron chi connectivity index (χ3n) is 5.16. The maximum atomic E-state index is 12.5. The molecular formula is C17H30N4O5S. The van der Waals surface area contributed by atoms with Crippen molar-refractivity contribution in [3.8, 4) is 0 Å². The van der Waals surface area contributed by atoms with Crippen LogP contribution in [0.3, 0.4) is 0 Å². The summed E-state index contributed by atoms with van der Waals surface area (Å²) >= 11 is 0. The van der Waals surface area contributed by atoms with Crippen molar-refractivity contribution in [1.29, 1.82) is 0 Å². The van der Waals surface area contributed by atoms with Gasteiger partial charge in [-0.3, -0.25) is 9.80 Å². The lowest BCUT2D eigenvalue weighted by molar-refractivity contribution is -0.0201. The smallest absolute Gasteiger partial charge is 0.245 e. The van der Waals surface area contributed by atoms with Gasteiger partial charge in [-0.15, -0.1) is 0 Å². The predicted molar refractivity (Wildman–Crippen MR) is 99.2 cm³/mol. The van der Waals surface area contributed by atoms with E-state index in [-0.39, 0.29) is 10.9 Å².